The van der Waals surface area contributed by atoms with Crippen molar-refractivity contribution >= 4 is 5.97 Å². The highest BCUT2D eigenvalue weighted by atomic mass is 19.4. The molecule has 14 heavy (non-hydrogen) atoms. The van der Waals surface area contributed by atoms with E-state index < -0.39 is 24.4 Å². The van der Waals surface area contributed by atoms with Crippen LogP contribution in [0, 0.1) is 0 Å². The number of alkyl halides is 3. The molecule has 1 aliphatic rings. The number of carboxylic acids is 1. The van der Waals surface area contributed by atoms with Crippen molar-refractivity contribution < 1.29 is 27.8 Å². The summed E-state index contributed by atoms with van der Waals surface area (Å²) in [6.45, 7) is 0. The van der Waals surface area contributed by atoms with E-state index in [0.717, 1.165) is 0 Å². The minimum absolute atomic E-state index is 0.0698. The fraction of sp³-hybridized carbons (Fsp3) is 0.875. The number of rotatable bonds is 2. The Kier molecular flexibility index (Phi) is 3.36. The second kappa shape index (κ2) is 4.16. The first-order chi connectivity index (χ1) is 6.39. The second-order valence-electron chi connectivity index (χ2n) is 3.32. The van der Waals surface area contributed by atoms with Gasteiger partial charge in [-0.25, -0.2) is 0 Å². The topological polar surface area (TPSA) is 46.5 Å². The van der Waals surface area contributed by atoms with Gasteiger partial charge in [-0.1, -0.05) is 0 Å². The molecule has 1 N–H and O–H groups in total. The molecule has 0 aliphatic carbocycles. The Bertz CT molecular complexity index is 214. The van der Waals surface area contributed by atoms with Crippen LogP contribution in [0.25, 0.3) is 0 Å². The van der Waals surface area contributed by atoms with E-state index in [-0.39, 0.29) is 12.8 Å². The summed E-state index contributed by atoms with van der Waals surface area (Å²) < 4.78 is 41.2. The third-order valence-corrected chi connectivity index (χ3v) is 2.12. The van der Waals surface area contributed by atoms with Crippen LogP contribution in [0.4, 0.5) is 13.2 Å². The van der Waals surface area contributed by atoms with Crippen molar-refractivity contribution in [2.75, 3.05) is 0 Å². The first kappa shape index (κ1) is 11.3. The van der Waals surface area contributed by atoms with Crippen molar-refractivity contribution in [3.05, 3.63) is 0 Å². The number of hydrogen-bond acceptors (Lipinski definition) is 2. The molecule has 3 nitrogen and oxygen atoms in total. The molecule has 2 atom stereocenters. The van der Waals surface area contributed by atoms with Gasteiger partial charge in [0.2, 0.25) is 0 Å². The van der Waals surface area contributed by atoms with Gasteiger partial charge in [0.15, 0.2) is 6.10 Å². The zero-order valence-corrected chi connectivity index (χ0v) is 7.38. The lowest BCUT2D eigenvalue weighted by molar-refractivity contribution is -0.246. The van der Waals surface area contributed by atoms with Crippen molar-refractivity contribution in [2.45, 2.75) is 44.1 Å². The predicted octanol–water partition coefficient (Wildman–Crippen LogP) is 1.96. The van der Waals surface area contributed by atoms with Gasteiger partial charge in [-0.15, -0.1) is 0 Å². The molecular weight excluding hydrogens is 201 g/mol. The predicted molar refractivity (Wildman–Crippen MR) is 40.8 cm³/mol. The Balaban J connectivity index is 2.48. The van der Waals surface area contributed by atoms with Crippen LogP contribution in [0.2, 0.25) is 0 Å². The molecule has 0 spiro atoms. The SMILES string of the molecule is O=C(O)CC1CCCC(C(F)(F)F)O1. The summed E-state index contributed by atoms with van der Waals surface area (Å²) in [7, 11) is 0. The highest BCUT2D eigenvalue weighted by molar-refractivity contribution is 5.67. The number of carbonyl (C=O) groups is 1. The molecule has 1 saturated heterocycles. The number of carboxylic acid groups (broad SMARTS) is 1. The molecular formula is C8H11F3O3. The second-order valence-corrected chi connectivity index (χ2v) is 3.32. The van der Waals surface area contributed by atoms with Gasteiger partial charge in [-0.2, -0.15) is 13.2 Å². The van der Waals surface area contributed by atoms with Gasteiger partial charge in [0.1, 0.15) is 0 Å². The molecule has 82 valence electrons. The van der Waals surface area contributed by atoms with Crippen LogP contribution in [0.1, 0.15) is 25.7 Å². The fourth-order valence-electron chi connectivity index (χ4n) is 1.49. The van der Waals surface area contributed by atoms with Crippen LogP contribution >= 0.6 is 0 Å². The van der Waals surface area contributed by atoms with Gasteiger partial charge in [0, 0.05) is 0 Å². The lowest BCUT2D eigenvalue weighted by Gasteiger charge is -2.30. The molecule has 0 amide bonds. The molecule has 0 aromatic rings. The van der Waals surface area contributed by atoms with Gasteiger partial charge >= 0.3 is 12.1 Å². The van der Waals surface area contributed by atoms with Gasteiger partial charge < -0.3 is 9.84 Å². The number of ether oxygens (including phenoxy) is 1. The quantitative estimate of drug-likeness (QED) is 0.761. The Morgan fingerprint density at radius 3 is 2.57 bits per heavy atom. The lowest BCUT2D eigenvalue weighted by Crippen LogP contribution is -2.39. The van der Waals surface area contributed by atoms with Crippen LogP contribution in [0.3, 0.4) is 0 Å². The summed E-state index contributed by atoms with van der Waals surface area (Å²) in [5, 5.41) is 8.39. The average Bonchev–Trinajstić information content (AvgIpc) is 2.01. The number of halogens is 3. The van der Waals surface area contributed by atoms with Crippen molar-refractivity contribution in [3.63, 3.8) is 0 Å². The number of aliphatic carboxylic acids is 1. The van der Waals surface area contributed by atoms with E-state index >= 15 is 0 Å². The highest BCUT2D eigenvalue weighted by Gasteiger charge is 2.43. The van der Waals surface area contributed by atoms with E-state index in [2.05, 4.69) is 4.74 Å². The molecule has 0 aromatic heterocycles. The van der Waals surface area contributed by atoms with E-state index in [1.165, 1.54) is 0 Å². The molecule has 0 bridgehead atoms. The third kappa shape index (κ3) is 3.17. The molecule has 6 heteroatoms. The minimum Gasteiger partial charge on any atom is -0.481 e. The Hall–Kier alpha value is -0.780. The van der Waals surface area contributed by atoms with Gasteiger partial charge in [0.05, 0.1) is 12.5 Å². The van der Waals surface area contributed by atoms with Crippen LogP contribution in [0.15, 0.2) is 0 Å². The van der Waals surface area contributed by atoms with E-state index in [1.54, 1.807) is 0 Å². The zero-order chi connectivity index (χ0) is 10.8. The summed E-state index contributed by atoms with van der Waals surface area (Å²) in [4.78, 5) is 10.3. The summed E-state index contributed by atoms with van der Waals surface area (Å²) >= 11 is 0. The molecule has 0 aromatic carbocycles. The molecule has 0 radical (unpaired) electrons. The molecule has 1 rings (SSSR count). The third-order valence-electron chi connectivity index (χ3n) is 2.12. The molecule has 2 unspecified atom stereocenters. The van der Waals surface area contributed by atoms with E-state index in [4.69, 9.17) is 5.11 Å². The molecule has 1 heterocycles. The Morgan fingerprint density at radius 1 is 1.43 bits per heavy atom. The van der Waals surface area contributed by atoms with E-state index in [1.807, 2.05) is 0 Å². The number of hydrogen-bond donors (Lipinski definition) is 1. The van der Waals surface area contributed by atoms with Crippen LogP contribution in [0.5, 0.6) is 0 Å². The summed E-state index contributed by atoms with van der Waals surface area (Å²) in [5.74, 6) is -1.13. The van der Waals surface area contributed by atoms with Crippen molar-refractivity contribution in [2.24, 2.45) is 0 Å². The maximum atomic E-state index is 12.2. The molecule has 0 saturated carbocycles. The fourth-order valence-corrected chi connectivity index (χ4v) is 1.49. The summed E-state index contributed by atoms with van der Waals surface area (Å²) in [5.41, 5.74) is 0. The lowest BCUT2D eigenvalue weighted by atomic mass is 10.0. The van der Waals surface area contributed by atoms with E-state index in [9.17, 15) is 18.0 Å². The zero-order valence-electron chi connectivity index (χ0n) is 7.38. The van der Waals surface area contributed by atoms with Crippen molar-refractivity contribution in [3.8, 4) is 0 Å². The maximum absolute atomic E-state index is 12.2. The monoisotopic (exact) mass is 212 g/mol. The summed E-state index contributed by atoms with van der Waals surface area (Å²) in [6, 6.07) is 0. The maximum Gasteiger partial charge on any atom is 0.414 e. The first-order valence-electron chi connectivity index (χ1n) is 4.33. The Labute approximate surface area is 78.9 Å². The van der Waals surface area contributed by atoms with Gasteiger partial charge in [-0.05, 0) is 19.3 Å². The smallest absolute Gasteiger partial charge is 0.414 e. The Morgan fingerprint density at radius 2 is 2.07 bits per heavy atom. The largest absolute Gasteiger partial charge is 0.481 e. The van der Waals surface area contributed by atoms with E-state index in [0.29, 0.717) is 12.8 Å². The van der Waals surface area contributed by atoms with Crippen molar-refractivity contribution in [1.82, 2.24) is 0 Å². The average molecular weight is 212 g/mol. The first-order valence-corrected chi connectivity index (χ1v) is 4.33. The minimum atomic E-state index is -4.38. The molecule has 1 aliphatic heterocycles. The highest BCUT2D eigenvalue weighted by Crippen LogP contribution is 2.32. The van der Waals surface area contributed by atoms with Crippen LogP contribution < -0.4 is 0 Å². The molecule has 1 fully saturated rings. The van der Waals surface area contributed by atoms with Crippen LogP contribution in [-0.4, -0.2) is 29.5 Å². The standard InChI is InChI=1S/C8H11F3O3/c9-8(10,11)6-3-1-2-5(14-6)4-7(12)13/h5-6H,1-4H2,(H,12,13). The van der Waals surface area contributed by atoms with Gasteiger partial charge in [0.25, 0.3) is 0 Å². The normalized spacial score (nSPS) is 28.8. The van der Waals surface area contributed by atoms with Crippen molar-refractivity contribution in [1.29, 1.82) is 0 Å². The summed E-state index contributed by atoms with van der Waals surface area (Å²) in [6.07, 6.45) is -6.64. The van der Waals surface area contributed by atoms with Gasteiger partial charge in [-0.3, -0.25) is 4.79 Å². The van der Waals surface area contributed by atoms with Crippen LogP contribution in [-0.2, 0) is 9.53 Å².